The van der Waals surface area contributed by atoms with Gasteiger partial charge in [0.2, 0.25) is 0 Å². The molecule has 1 N–H and O–H groups in total. The molecule has 0 aliphatic rings. The highest BCUT2D eigenvalue weighted by atomic mass is 32.2. The molecule has 3 rings (SSSR count). The Morgan fingerprint density at radius 1 is 1.04 bits per heavy atom. The number of aryl methyl sites for hydroxylation is 1. The van der Waals surface area contributed by atoms with E-state index in [9.17, 15) is 8.42 Å². The molecule has 0 atom stereocenters. The van der Waals surface area contributed by atoms with Gasteiger partial charge in [0.05, 0.1) is 27.7 Å². The van der Waals surface area contributed by atoms with Crippen molar-refractivity contribution >= 4 is 26.6 Å². The summed E-state index contributed by atoms with van der Waals surface area (Å²) in [7, 11) is -3.74. The molecule has 0 amide bonds. The van der Waals surface area contributed by atoms with Crippen LogP contribution < -0.4 is 4.72 Å². The summed E-state index contributed by atoms with van der Waals surface area (Å²) in [6, 6.07) is 16.8. The number of hydrogen-bond acceptors (Lipinski definition) is 4. The summed E-state index contributed by atoms with van der Waals surface area (Å²) in [5.74, 6) is 0. The Bertz CT molecular complexity index is 1020. The van der Waals surface area contributed by atoms with Crippen LogP contribution in [0.2, 0.25) is 0 Å². The van der Waals surface area contributed by atoms with E-state index in [0.29, 0.717) is 16.8 Å². The summed E-state index contributed by atoms with van der Waals surface area (Å²) < 4.78 is 27.6. The third-order valence-electron chi connectivity index (χ3n) is 3.40. The number of nitrogens with zero attached hydrogens (tertiary/aromatic N) is 2. The van der Waals surface area contributed by atoms with E-state index < -0.39 is 10.0 Å². The molecule has 0 bridgehead atoms. The molecule has 5 nitrogen and oxygen atoms in total. The van der Waals surface area contributed by atoms with Gasteiger partial charge in [0, 0.05) is 11.1 Å². The van der Waals surface area contributed by atoms with Gasteiger partial charge in [-0.25, -0.2) is 8.42 Å². The van der Waals surface area contributed by atoms with E-state index in [-0.39, 0.29) is 4.90 Å². The van der Waals surface area contributed by atoms with Crippen molar-refractivity contribution in [1.29, 1.82) is 5.26 Å². The Labute approximate surface area is 134 Å². The van der Waals surface area contributed by atoms with E-state index in [1.165, 1.54) is 24.3 Å². The van der Waals surface area contributed by atoms with Gasteiger partial charge in [-0.15, -0.1) is 0 Å². The molecule has 6 heteroatoms. The molecule has 3 aromatic rings. The zero-order chi connectivity index (χ0) is 16.4. The van der Waals surface area contributed by atoms with Crippen LogP contribution in [0.3, 0.4) is 0 Å². The lowest BCUT2D eigenvalue weighted by Gasteiger charge is -2.10. The van der Waals surface area contributed by atoms with Gasteiger partial charge in [0.25, 0.3) is 10.0 Å². The highest BCUT2D eigenvalue weighted by molar-refractivity contribution is 7.92. The third kappa shape index (κ3) is 3.00. The number of fused-ring (bicyclic) bond motifs is 1. The van der Waals surface area contributed by atoms with Crippen LogP contribution in [-0.2, 0) is 10.0 Å². The number of pyridine rings is 1. The van der Waals surface area contributed by atoms with Crippen molar-refractivity contribution in [3.63, 3.8) is 0 Å². The smallest absolute Gasteiger partial charge is 0.261 e. The molecule has 0 saturated heterocycles. The lowest BCUT2D eigenvalue weighted by atomic mass is 10.2. The molecule has 0 unspecified atom stereocenters. The summed E-state index contributed by atoms with van der Waals surface area (Å²) in [6.45, 7) is 1.85. The lowest BCUT2D eigenvalue weighted by Crippen LogP contribution is -2.13. The molecule has 1 heterocycles. The van der Waals surface area contributed by atoms with Crippen molar-refractivity contribution in [1.82, 2.24) is 4.98 Å². The van der Waals surface area contributed by atoms with Crippen LogP contribution in [0.4, 0.5) is 5.69 Å². The normalized spacial score (nSPS) is 11.1. The summed E-state index contributed by atoms with van der Waals surface area (Å²) in [4.78, 5) is 4.51. The zero-order valence-electron chi connectivity index (χ0n) is 12.3. The Balaban J connectivity index is 2.03. The molecule has 0 spiro atoms. The minimum absolute atomic E-state index is 0.0983. The van der Waals surface area contributed by atoms with Crippen molar-refractivity contribution in [2.75, 3.05) is 4.72 Å². The van der Waals surface area contributed by atoms with E-state index in [1.807, 2.05) is 31.2 Å². The maximum Gasteiger partial charge on any atom is 0.261 e. The minimum atomic E-state index is -3.74. The summed E-state index contributed by atoms with van der Waals surface area (Å²) >= 11 is 0. The SMILES string of the molecule is Cc1ccc2cccc(NS(=O)(=O)c3ccc(C#N)cc3)c2n1. The number of nitriles is 1. The second kappa shape index (κ2) is 5.71. The van der Waals surface area contributed by atoms with Crippen LogP contribution in [0, 0.1) is 18.3 Å². The number of benzene rings is 2. The van der Waals surface area contributed by atoms with Gasteiger partial charge >= 0.3 is 0 Å². The number of hydrogen-bond donors (Lipinski definition) is 1. The predicted molar refractivity (Wildman–Crippen MR) is 88.4 cm³/mol. The van der Waals surface area contributed by atoms with Crippen molar-refractivity contribution < 1.29 is 8.42 Å². The van der Waals surface area contributed by atoms with Gasteiger partial charge in [0.15, 0.2) is 0 Å². The molecule has 0 radical (unpaired) electrons. The monoisotopic (exact) mass is 323 g/mol. The number of aromatic nitrogens is 1. The van der Waals surface area contributed by atoms with Gasteiger partial charge in [-0.2, -0.15) is 5.26 Å². The highest BCUT2D eigenvalue weighted by Gasteiger charge is 2.16. The van der Waals surface area contributed by atoms with Crippen molar-refractivity contribution in [2.45, 2.75) is 11.8 Å². The van der Waals surface area contributed by atoms with E-state index in [1.54, 1.807) is 12.1 Å². The standard InChI is InChI=1S/C17H13N3O2S/c1-12-5-8-14-3-2-4-16(17(14)19-12)20-23(21,22)15-9-6-13(11-18)7-10-15/h2-10,20H,1H3. The number of rotatable bonds is 3. The first-order valence-corrected chi connectivity index (χ1v) is 8.37. The fraction of sp³-hybridized carbons (Fsp3) is 0.0588. The van der Waals surface area contributed by atoms with Crippen LogP contribution >= 0.6 is 0 Å². The molecular formula is C17H13N3O2S. The summed E-state index contributed by atoms with van der Waals surface area (Å²) in [6.07, 6.45) is 0. The minimum Gasteiger partial charge on any atom is -0.277 e. The van der Waals surface area contributed by atoms with Gasteiger partial charge in [-0.3, -0.25) is 9.71 Å². The largest absolute Gasteiger partial charge is 0.277 e. The fourth-order valence-electron chi connectivity index (χ4n) is 2.24. The molecule has 0 fully saturated rings. The quantitative estimate of drug-likeness (QED) is 0.802. The number of sulfonamides is 1. The van der Waals surface area contributed by atoms with Crippen molar-refractivity contribution in [3.05, 3.63) is 65.9 Å². The van der Waals surface area contributed by atoms with Crippen LogP contribution in [0.15, 0.2) is 59.5 Å². The molecule has 0 aliphatic heterocycles. The van der Waals surface area contributed by atoms with E-state index in [2.05, 4.69) is 9.71 Å². The molecule has 23 heavy (non-hydrogen) atoms. The predicted octanol–water partition coefficient (Wildman–Crippen LogP) is 3.22. The molecular weight excluding hydrogens is 310 g/mol. The first kappa shape index (κ1) is 15.0. The second-order valence-electron chi connectivity index (χ2n) is 5.07. The second-order valence-corrected chi connectivity index (χ2v) is 6.75. The number of nitrogens with one attached hydrogen (secondary N) is 1. The molecule has 2 aromatic carbocycles. The van der Waals surface area contributed by atoms with Crippen LogP contribution in [0.1, 0.15) is 11.3 Å². The van der Waals surface area contributed by atoms with Gasteiger partial charge < -0.3 is 0 Å². The maximum absolute atomic E-state index is 12.5. The van der Waals surface area contributed by atoms with Gasteiger partial charge in [0.1, 0.15) is 0 Å². The van der Waals surface area contributed by atoms with E-state index in [0.717, 1.165) is 11.1 Å². The number of para-hydroxylation sites is 1. The Hall–Kier alpha value is -2.91. The third-order valence-corrected chi connectivity index (χ3v) is 4.78. The van der Waals surface area contributed by atoms with Crippen molar-refractivity contribution in [3.8, 4) is 6.07 Å². The Kier molecular flexibility index (Phi) is 3.72. The maximum atomic E-state index is 12.5. The topological polar surface area (TPSA) is 82.9 Å². The fourth-order valence-corrected chi connectivity index (χ4v) is 3.31. The summed E-state index contributed by atoms with van der Waals surface area (Å²) in [5, 5.41) is 9.64. The van der Waals surface area contributed by atoms with Crippen molar-refractivity contribution in [2.24, 2.45) is 0 Å². The van der Waals surface area contributed by atoms with Crippen LogP contribution in [0.5, 0.6) is 0 Å². The van der Waals surface area contributed by atoms with E-state index >= 15 is 0 Å². The Morgan fingerprint density at radius 3 is 2.48 bits per heavy atom. The first-order chi connectivity index (χ1) is 11.0. The number of anilines is 1. The van der Waals surface area contributed by atoms with Gasteiger partial charge in [-0.1, -0.05) is 18.2 Å². The highest BCUT2D eigenvalue weighted by Crippen LogP contribution is 2.24. The Morgan fingerprint density at radius 2 is 1.78 bits per heavy atom. The molecule has 1 aromatic heterocycles. The van der Waals surface area contributed by atoms with Gasteiger partial charge in [-0.05, 0) is 43.3 Å². The summed E-state index contributed by atoms with van der Waals surface area (Å²) in [5.41, 5.74) is 2.24. The molecule has 0 aliphatic carbocycles. The first-order valence-electron chi connectivity index (χ1n) is 6.89. The average molecular weight is 323 g/mol. The lowest BCUT2D eigenvalue weighted by molar-refractivity contribution is 0.601. The average Bonchev–Trinajstić information content (AvgIpc) is 2.55. The molecule has 114 valence electrons. The van der Waals surface area contributed by atoms with E-state index in [4.69, 9.17) is 5.26 Å². The zero-order valence-corrected chi connectivity index (χ0v) is 13.1. The van der Waals surface area contributed by atoms with Crippen LogP contribution in [-0.4, -0.2) is 13.4 Å². The molecule has 0 saturated carbocycles. The van der Waals surface area contributed by atoms with Crippen LogP contribution in [0.25, 0.3) is 10.9 Å².